The number of ether oxygens (including phenoxy) is 1. The maximum Gasteiger partial charge on any atom is 0.310 e. The van der Waals surface area contributed by atoms with E-state index >= 15 is 0 Å². The van der Waals surface area contributed by atoms with Gasteiger partial charge >= 0.3 is 5.97 Å². The molecule has 0 radical (unpaired) electrons. The minimum absolute atomic E-state index is 0.115. The van der Waals surface area contributed by atoms with Crippen LogP contribution in [-0.2, 0) is 20.7 Å². The van der Waals surface area contributed by atoms with Gasteiger partial charge in [0.2, 0.25) is 0 Å². The van der Waals surface area contributed by atoms with E-state index in [-0.39, 0.29) is 13.0 Å². The van der Waals surface area contributed by atoms with Gasteiger partial charge in [-0.25, -0.2) is 0 Å². The van der Waals surface area contributed by atoms with E-state index in [9.17, 15) is 14.9 Å². The molecule has 0 heterocycles. The van der Waals surface area contributed by atoms with Gasteiger partial charge in [0.05, 0.1) is 12.5 Å². The minimum atomic E-state index is -0.798. The number of carbonyl (C=O) groups is 2. The lowest BCUT2D eigenvalue weighted by molar-refractivity contribution is -0.148. The third-order valence-electron chi connectivity index (χ3n) is 3.93. The number of nitrogens with zero attached hydrogens (tertiary/aromatic N) is 1. The molecule has 2 rings (SSSR count). The zero-order valence-electron chi connectivity index (χ0n) is 12.8. The first-order valence-corrected chi connectivity index (χ1v) is 8.45. The number of rotatable bonds is 5. The molecule has 1 aromatic rings. The van der Waals surface area contributed by atoms with Crippen LogP contribution in [0.4, 0.5) is 0 Å². The van der Waals surface area contributed by atoms with E-state index in [1.807, 2.05) is 24.3 Å². The van der Waals surface area contributed by atoms with Crippen LogP contribution in [0.3, 0.4) is 0 Å². The summed E-state index contributed by atoms with van der Waals surface area (Å²) in [5.74, 6) is -0.880. The lowest BCUT2D eigenvalue weighted by Crippen LogP contribution is -2.50. The summed E-state index contributed by atoms with van der Waals surface area (Å²) in [6.07, 6.45) is 4.37. The van der Waals surface area contributed by atoms with Crippen LogP contribution >= 0.6 is 15.9 Å². The molecule has 0 atom stereocenters. The molecule has 0 bridgehead atoms. The van der Waals surface area contributed by atoms with Crippen LogP contribution in [0.5, 0.6) is 0 Å². The van der Waals surface area contributed by atoms with Crippen molar-refractivity contribution in [3.63, 3.8) is 0 Å². The third kappa shape index (κ3) is 5.36. The molecule has 5 nitrogen and oxygen atoms in total. The van der Waals surface area contributed by atoms with Crippen molar-refractivity contribution in [2.24, 2.45) is 0 Å². The van der Waals surface area contributed by atoms with Gasteiger partial charge in [-0.15, -0.1) is 0 Å². The lowest BCUT2D eigenvalue weighted by atomic mass is 9.83. The van der Waals surface area contributed by atoms with Gasteiger partial charge in [-0.2, -0.15) is 5.26 Å². The highest BCUT2D eigenvalue weighted by molar-refractivity contribution is 9.10. The van der Waals surface area contributed by atoms with E-state index in [4.69, 9.17) is 4.74 Å². The minimum Gasteiger partial charge on any atom is -0.455 e. The van der Waals surface area contributed by atoms with Gasteiger partial charge in [-0.1, -0.05) is 47.3 Å². The number of nitrogens with one attached hydrogen (secondary N) is 1. The predicted molar refractivity (Wildman–Crippen MR) is 88.4 cm³/mol. The molecule has 1 N–H and O–H groups in total. The summed E-state index contributed by atoms with van der Waals surface area (Å²) in [6, 6.07) is 9.52. The molecule has 0 saturated heterocycles. The van der Waals surface area contributed by atoms with Crippen LogP contribution < -0.4 is 5.32 Å². The quantitative estimate of drug-likeness (QED) is 0.798. The molecule has 1 amide bonds. The van der Waals surface area contributed by atoms with Crippen molar-refractivity contribution in [2.45, 2.75) is 44.1 Å². The first-order valence-electron chi connectivity index (χ1n) is 7.65. The van der Waals surface area contributed by atoms with Crippen molar-refractivity contribution in [2.75, 3.05) is 6.61 Å². The highest BCUT2D eigenvalue weighted by Crippen LogP contribution is 2.27. The number of halogens is 1. The lowest BCUT2D eigenvalue weighted by Gasteiger charge is -2.31. The number of amides is 1. The first kappa shape index (κ1) is 17.5. The van der Waals surface area contributed by atoms with Crippen LogP contribution in [0.1, 0.15) is 37.7 Å². The molecular weight excluding hydrogens is 360 g/mol. The number of hydrogen-bond acceptors (Lipinski definition) is 4. The maximum absolute atomic E-state index is 11.9. The average molecular weight is 379 g/mol. The van der Waals surface area contributed by atoms with Crippen molar-refractivity contribution in [1.29, 1.82) is 5.26 Å². The Morgan fingerprint density at radius 3 is 2.48 bits per heavy atom. The van der Waals surface area contributed by atoms with Crippen LogP contribution in [0.15, 0.2) is 28.7 Å². The highest BCUT2D eigenvalue weighted by Gasteiger charge is 2.33. The Morgan fingerprint density at radius 2 is 1.87 bits per heavy atom. The topological polar surface area (TPSA) is 79.2 Å². The Labute approximate surface area is 144 Å². The van der Waals surface area contributed by atoms with Gasteiger partial charge < -0.3 is 10.1 Å². The molecule has 0 aromatic heterocycles. The number of nitriles is 1. The van der Waals surface area contributed by atoms with Crippen LogP contribution in [-0.4, -0.2) is 24.0 Å². The van der Waals surface area contributed by atoms with Gasteiger partial charge in [0, 0.05) is 4.47 Å². The normalized spacial score (nSPS) is 16.2. The van der Waals surface area contributed by atoms with Gasteiger partial charge in [0.15, 0.2) is 6.61 Å². The molecule has 1 saturated carbocycles. The van der Waals surface area contributed by atoms with Crippen LogP contribution in [0, 0.1) is 11.3 Å². The van der Waals surface area contributed by atoms with E-state index < -0.39 is 17.4 Å². The van der Waals surface area contributed by atoms with Gasteiger partial charge in [0.25, 0.3) is 5.91 Å². The Bertz CT molecular complexity index is 601. The number of hydrogen-bond donors (Lipinski definition) is 1. The molecule has 1 aliphatic rings. The Balaban J connectivity index is 1.78. The Kier molecular flexibility index (Phi) is 6.17. The largest absolute Gasteiger partial charge is 0.455 e. The van der Waals surface area contributed by atoms with Crippen molar-refractivity contribution in [1.82, 2.24) is 5.32 Å². The fourth-order valence-corrected chi connectivity index (χ4v) is 2.95. The monoisotopic (exact) mass is 378 g/mol. The summed E-state index contributed by atoms with van der Waals surface area (Å²) in [4.78, 5) is 23.7. The second-order valence-electron chi connectivity index (χ2n) is 5.77. The van der Waals surface area contributed by atoms with E-state index in [1.54, 1.807) is 0 Å². The summed E-state index contributed by atoms with van der Waals surface area (Å²) in [6.45, 7) is -0.348. The van der Waals surface area contributed by atoms with Crippen LogP contribution in [0.2, 0.25) is 0 Å². The summed E-state index contributed by atoms with van der Waals surface area (Å²) in [7, 11) is 0. The molecule has 23 heavy (non-hydrogen) atoms. The van der Waals surface area contributed by atoms with E-state index in [1.165, 1.54) is 0 Å². The van der Waals surface area contributed by atoms with Gasteiger partial charge in [0.1, 0.15) is 5.54 Å². The van der Waals surface area contributed by atoms with Crippen molar-refractivity contribution in [3.05, 3.63) is 34.3 Å². The van der Waals surface area contributed by atoms with Crippen molar-refractivity contribution < 1.29 is 14.3 Å². The number of esters is 1. The second-order valence-corrected chi connectivity index (χ2v) is 6.68. The molecule has 1 aliphatic carbocycles. The molecule has 1 fully saturated rings. The molecule has 0 spiro atoms. The molecule has 0 unspecified atom stereocenters. The molecule has 0 aliphatic heterocycles. The summed E-state index contributed by atoms with van der Waals surface area (Å²) < 4.78 is 5.93. The smallest absolute Gasteiger partial charge is 0.310 e. The fourth-order valence-electron chi connectivity index (χ4n) is 2.69. The van der Waals surface area contributed by atoms with E-state index in [0.717, 1.165) is 29.3 Å². The zero-order chi connectivity index (χ0) is 16.7. The van der Waals surface area contributed by atoms with Crippen molar-refractivity contribution >= 4 is 27.8 Å². The molecule has 1 aromatic carbocycles. The SMILES string of the molecule is N#CC1(NC(=O)COC(=O)Cc2ccc(Br)cc2)CCCCC1. The Morgan fingerprint density at radius 1 is 1.22 bits per heavy atom. The van der Waals surface area contributed by atoms with E-state index in [2.05, 4.69) is 27.3 Å². The first-order chi connectivity index (χ1) is 11.0. The molecule has 6 heteroatoms. The van der Waals surface area contributed by atoms with Gasteiger partial charge in [-0.05, 0) is 30.5 Å². The summed E-state index contributed by atoms with van der Waals surface area (Å²) in [5.41, 5.74) is 0.0207. The zero-order valence-corrected chi connectivity index (χ0v) is 14.4. The average Bonchev–Trinajstić information content (AvgIpc) is 2.56. The maximum atomic E-state index is 11.9. The van der Waals surface area contributed by atoms with Crippen molar-refractivity contribution in [3.8, 4) is 6.07 Å². The highest BCUT2D eigenvalue weighted by atomic mass is 79.9. The van der Waals surface area contributed by atoms with E-state index in [0.29, 0.717) is 12.8 Å². The number of carbonyl (C=O) groups excluding carboxylic acids is 2. The standard InChI is InChI=1S/C17H19BrN2O3/c18-14-6-4-13(5-7-14)10-16(22)23-11-15(21)20-17(12-19)8-2-1-3-9-17/h4-7H,1-3,8-11H2,(H,20,21). The summed E-state index contributed by atoms with van der Waals surface area (Å²) >= 11 is 3.32. The molecule has 122 valence electrons. The number of benzene rings is 1. The van der Waals surface area contributed by atoms with Crippen LogP contribution in [0.25, 0.3) is 0 Å². The molecular formula is C17H19BrN2O3. The summed E-state index contributed by atoms with van der Waals surface area (Å²) in [5, 5.41) is 12.0. The predicted octanol–water partition coefficient (Wildman–Crippen LogP) is 2.88. The second kappa shape index (κ2) is 8.11. The third-order valence-corrected chi connectivity index (χ3v) is 4.45. The fraction of sp³-hybridized carbons (Fsp3) is 0.471. The van der Waals surface area contributed by atoms with Gasteiger partial charge in [-0.3, -0.25) is 9.59 Å². The Hall–Kier alpha value is -1.87.